The van der Waals surface area contributed by atoms with Crippen LogP contribution in [0.4, 0.5) is 13.2 Å². The van der Waals surface area contributed by atoms with Gasteiger partial charge in [0.1, 0.15) is 0 Å². The number of benzene rings is 1. The molecule has 1 aliphatic heterocycles. The molecule has 3 rings (SSSR count). The molecule has 0 radical (unpaired) electrons. The van der Waals surface area contributed by atoms with Crippen LogP contribution in [0.15, 0.2) is 35.1 Å². The Morgan fingerprint density at radius 1 is 1.38 bits per heavy atom. The molecule has 9 heteroatoms. The van der Waals surface area contributed by atoms with Gasteiger partial charge in [0.05, 0.1) is 17.3 Å². The first-order valence-corrected chi connectivity index (χ1v) is 7.89. The minimum absolute atomic E-state index is 0.0198. The molecular formula is C17H16F3N3O3. The molecule has 1 aliphatic rings. The number of nitrogens with zero attached hydrogens (tertiary/aromatic N) is 2. The predicted molar refractivity (Wildman–Crippen MR) is 84.0 cm³/mol. The first kappa shape index (κ1) is 18.0. The maximum absolute atomic E-state index is 13.1. The van der Waals surface area contributed by atoms with E-state index in [-0.39, 0.29) is 36.7 Å². The summed E-state index contributed by atoms with van der Waals surface area (Å²) in [5.41, 5.74) is -0.327. The van der Waals surface area contributed by atoms with Crippen LogP contribution in [-0.4, -0.2) is 34.3 Å². The number of likely N-dealkylation sites (tertiary alicyclic amines) is 1. The van der Waals surface area contributed by atoms with Crippen molar-refractivity contribution >= 4 is 11.8 Å². The second-order valence-electron chi connectivity index (χ2n) is 6.07. The number of oxazole rings is 1. The first-order valence-electron chi connectivity index (χ1n) is 7.89. The lowest BCUT2D eigenvalue weighted by atomic mass is 10.1. The minimum Gasteiger partial charge on any atom is -0.438 e. The summed E-state index contributed by atoms with van der Waals surface area (Å²) in [5, 5.41) is 2.66. The Morgan fingerprint density at radius 2 is 2.12 bits per heavy atom. The Labute approximate surface area is 147 Å². The van der Waals surface area contributed by atoms with Gasteiger partial charge in [-0.15, -0.1) is 0 Å². The van der Waals surface area contributed by atoms with E-state index in [0.29, 0.717) is 5.69 Å². The second-order valence-corrected chi connectivity index (χ2v) is 6.07. The lowest BCUT2D eigenvalue weighted by molar-refractivity contribution is -0.139. The minimum atomic E-state index is -4.49. The van der Waals surface area contributed by atoms with Crippen molar-refractivity contribution in [2.45, 2.75) is 32.1 Å². The summed E-state index contributed by atoms with van der Waals surface area (Å²) in [6.45, 7) is 1.57. The fraction of sp³-hybridized carbons (Fsp3) is 0.353. The maximum atomic E-state index is 13.1. The van der Waals surface area contributed by atoms with Gasteiger partial charge in [-0.05, 0) is 18.6 Å². The van der Waals surface area contributed by atoms with Gasteiger partial charge in [0.25, 0.3) is 5.91 Å². The first-order chi connectivity index (χ1) is 12.3. The average Bonchev–Trinajstić information content (AvgIpc) is 3.13. The summed E-state index contributed by atoms with van der Waals surface area (Å²) >= 11 is 0. The molecular weight excluding hydrogens is 351 g/mol. The van der Waals surface area contributed by atoms with Crippen LogP contribution in [0.5, 0.6) is 0 Å². The molecule has 2 heterocycles. The third-order valence-corrected chi connectivity index (χ3v) is 4.19. The van der Waals surface area contributed by atoms with Crippen LogP contribution in [0.3, 0.4) is 0 Å². The Hall–Kier alpha value is -2.84. The molecule has 1 aromatic heterocycles. The number of aromatic nitrogens is 1. The molecule has 0 spiro atoms. The Morgan fingerprint density at radius 3 is 2.77 bits per heavy atom. The molecule has 1 saturated heterocycles. The van der Waals surface area contributed by atoms with Crippen LogP contribution in [0.25, 0.3) is 0 Å². The summed E-state index contributed by atoms with van der Waals surface area (Å²) in [7, 11) is 0. The highest BCUT2D eigenvalue weighted by Gasteiger charge is 2.36. The van der Waals surface area contributed by atoms with E-state index in [4.69, 9.17) is 4.42 Å². The van der Waals surface area contributed by atoms with E-state index < -0.39 is 23.7 Å². The number of carbonyl (C=O) groups excluding carboxylic acids is 2. The van der Waals surface area contributed by atoms with Gasteiger partial charge in [0.15, 0.2) is 6.39 Å². The fourth-order valence-corrected chi connectivity index (χ4v) is 2.93. The summed E-state index contributed by atoms with van der Waals surface area (Å²) in [6, 6.07) is 4.64. The second kappa shape index (κ2) is 6.81. The van der Waals surface area contributed by atoms with E-state index >= 15 is 0 Å². The van der Waals surface area contributed by atoms with Crippen LogP contribution in [0.2, 0.25) is 0 Å². The number of amides is 2. The van der Waals surface area contributed by atoms with E-state index in [2.05, 4.69) is 10.3 Å². The summed E-state index contributed by atoms with van der Waals surface area (Å²) in [4.78, 5) is 29.4. The lowest BCUT2D eigenvalue weighted by Gasteiger charge is -2.20. The van der Waals surface area contributed by atoms with Crippen molar-refractivity contribution in [2.24, 2.45) is 0 Å². The number of halogens is 3. The topological polar surface area (TPSA) is 75.4 Å². The van der Waals surface area contributed by atoms with Crippen molar-refractivity contribution in [3.63, 3.8) is 0 Å². The van der Waals surface area contributed by atoms with Crippen molar-refractivity contribution in [2.75, 3.05) is 6.54 Å². The van der Waals surface area contributed by atoms with E-state index in [1.165, 1.54) is 23.1 Å². The van der Waals surface area contributed by atoms with Crippen molar-refractivity contribution in [1.82, 2.24) is 15.2 Å². The largest absolute Gasteiger partial charge is 0.438 e. The Bertz CT molecular complexity index is 832. The van der Waals surface area contributed by atoms with Gasteiger partial charge in [-0.3, -0.25) is 9.59 Å². The molecule has 1 fully saturated rings. The third kappa shape index (κ3) is 3.71. The molecule has 6 nitrogen and oxygen atoms in total. The van der Waals surface area contributed by atoms with Crippen LogP contribution in [0.1, 0.15) is 33.8 Å². The van der Waals surface area contributed by atoms with Crippen LogP contribution >= 0.6 is 0 Å². The van der Waals surface area contributed by atoms with Gasteiger partial charge in [0.2, 0.25) is 11.7 Å². The van der Waals surface area contributed by atoms with Crippen molar-refractivity contribution in [3.8, 4) is 0 Å². The predicted octanol–water partition coefficient (Wildman–Crippen LogP) is 2.53. The molecule has 1 N–H and O–H groups in total. The highest BCUT2D eigenvalue weighted by Crippen LogP contribution is 2.32. The van der Waals surface area contributed by atoms with Gasteiger partial charge in [-0.1, -0.05) is 18.2 Å². The Balaban J connectivity index is 1.68. The zero-order valence-corrected chi connectivity index (χ0v) is 13.8. The summed E-state index contributed by atoms with van der Waals surface area (Å²) in [5.74, 6) is -0.768. The lowest BCUT2D eigenvalue weighted by Crippen LogP contribution is -2.37. The number of rotatable bonds is 4. The smallest absolute Gasteiger partial charge is 0.416 e. The van der Waals surface area contributed by atoms with Gasteiger partial charge >= 0.3 is 6.18 Å². The molecule has 0 unspecified atom stereocenters. The number of hydrogen-bond acceptors (Lipinski definition) is 4. The molecule has 0 bridgehead atoms. The Kier molecular flexibility index (Phi) is 4.71. The average molecular weight is 367 g/mol. The monoisotopic (exact) mass is 367 g/mol. The normalized spacial score (nSPS) is 17.6. The number of aryl methyl sites for hydroxylation is 1. The summed E-state index contributed by atoms with van der Waals surface area (Å²) < 4.78 is 44.3. The number of alkyl halides is 3. The molecule has 2 aromatic rings. The standard InChI is InChI=1S/C17H16F3N3O3/c1-10-15(26-9-21-10)16(25)22-12-6-14(24)23(8-12)7-11-4-2-3-5-13(11)17(18,19)20/h2-5,9,12H,6-8H2,1H3,(H,22,25)/t12-/m1/s1. The van der Waals surface area contributed by atoms with Gasteiger partial charge < -0.3 is 14.6 Å². The quantitative estimate of drug-likeness (QED) is 0.901. The van der Waals surface area contributed by atoms with E-state index in [0.717, 1.165) is 12.5 Å². The van der Waals surface area contributed by atoms with Crippen LogP contribution in [-0.2, 0) is 17.5 Å². The van der Waals surface area contributed by atoms with E-state index in [1.807, 2.05) is 0 Å². The summed E-state index contributed by atoms with van der Waals surface area (Å²) in [6.07, 6.45) is -3.33. The fourth-order valence-electron chi connectivity index (χ4n) is 2.93. The van der Waals surface area contributed by atoms with Crippen molar-refractivity contribution in [3.05, 3.63) is 53.2 Å². The molecule has 2 amide bonds. The molecule has 0 saturated carbocycles. The van der Waals surface area contributed by atoms with Crippen LogP contribution in [0, 0.1) is 6.92 Å². The van der Waals surface area contributed by atoms with E-state index in [1.54, 1.807) is 6.92 Å². The van der Waals surface area contributed by atoms with Gasteiger partial charge in [0, 0.05) is 19.5 Å². The van der Waals surface area contributed by atoms with E-state index in [9.17, 15) is 22.8 Å². The maximum Gasteiger partial charge on any atom is 0.416 e. The zero-order valence-electron chi connectivity index (χ0n) is 13.8. The molecule has 1 aromatic carbocycles. The van der Waals surface area contributed by atoms with Crippen molar-refractivity contribution in [1.29, 1.82) is 0 Å². The molecule has 0 aliphatic carbocycles. The molecule has 26 heavy (non-hydrogen) atoms. The number of nitrogens with one attached hydrogen (secondary N) is 1. The van der Waals surface area contributed by atoms with Crippen LogP contribution < -0.4 is 5.32 Å². The zero-order chi connectivity index (χ0) is 18.9. The highest BCUT2D eigenvalue weighted by atomic mass is 19.4. The van der Waals surface area contributed by atoms with Gasteiger partial charge in [-0.2, -0.15) is 13.2 Å². The molecule has 138 valence electrons. The SMILES string of the molecule is Cc1ncoc1C(=O)N[C@@H]1CC(=O)N(Cc2ccccc2C(F)(F)F)C1. The van der Waals surface area contributed by atoms with Crippen molar-refractivity contribution < 1.29 is 27.2 Å². The highest BCUT2D eigenvalue weighted by molar-refractivity contribution is 5.93. The van der Waals surface area contributed by atoms with Gasteiger partial charge in [-0.25, -0.2) is 4.98 Å². The number of carbonyl (C=O) groups is 2. The number of hydrogen-bond donors (Lipinski definition) is 1. The third-order valence-electron chi connectivity index (χ3n) is 4.19. The molecule has 1 atom stereocenters.